The topological polar surface area (TPSA) is 85.3 Å². The largest absolute Gasteiger partial charge is 0.490 e. The number of rotatable bonds is 7. The summed E-state index contributed by atoms with van der Waals surface area (Å²) in [6.07, 6.45) is 1.43. The van der Waals surface area contributed by atoms with Gasteiger partial charge < -0.3 is 15.2 Å². The highest BCUT2D eigenvalue weighted by Crippen LogP contribution is 2.31. The number of fused-ring (bicyclic) bond motifs is 1. The third-order valence-corrected chi connectivity index (χ3v) is 4.61. The van der Waals surface area contributed by atoms with Crippen molar-refractivity contribution < 1.29 is 14.3 Å². The summed E-state index contributed by atoms with van der Waals surface area (Å²) in [6, 6.07) is 19.5. The Morgan fingerprint density at radius 1 is 1.10 bits per heavy atom. The van der Waals surface area contributed by atoms with E-state index < -0.39 is 5.91 Å². The summed E-state index contributed by atoms with van der Waals surface area (Å²) < 4.78 is 11.8. The average molecular weight is 386 g/mol. The van der Waals surface area contributed by atoms with Crippen LogP contribution in [0.1, 0.15) is 23.6 Å². The van der Waals surface area contributed by atoms with Crippen LogP contribution < -0.4 is 15.2 Å². The molecule has 29 heavy (non-hydrogen) atoms. The van der Waals surface area contributed by atoms with Gasteiger partial charge in [-0.2, -0.15) is 5.26 Å². The van der Waals surface area contributed by atoms with Crippen molar-refractivity contribution in [3.63, 3.8) is 0 Å². The lowest BCUT2D eigenvalue weighted by Crippen LogP contribution is -2.12. The third kappa shape index (κ3) is 4.56. The maximum Gasteiger partial charge on any atom is 0.259 e. The van der Waals surface area contributed by atoms with Crippen molar-refractivity contribution in [2.75, 3.05) is 6.61 Å². The van der Waals surface area contributed by atoms with Crippen LogP contribution >= 0.6 is 0 Å². The highest BCUT2D eigenvalue weighted by molar-refractivity contribution is 6.00. The van der Waals surface area contributed by atoms with E-state index in [2.05, 4.69) is 31.2 Å². The minimum absolute atomic E-state index is 0.118. The van der Waals surface area contributed by atoms with Crippen molar-refractivity contribution in [3.05, 3.63) is 76.9 Å². The standard InChI is InChI=1S/C24H22N2O3/c1-3-28-23-13-17(12-19(14-25)24(26)27)9-11-22(23)29-15-21-16(2)8-10-18-6-4-5-7-20(18)21/h4-13H,3,15H2,1-2H3,(H2,26,27)/b19-12+. The Morgan fingerprint density at radius 2 is 1.90 bits per heavy atom. The molecule has 0 aliphatic heterocycles. The lowest BCUT2D eigenvalue weighted by Gasteiger charge is -2.15. The molecule has 0 fully saturated rings. The van der Waals surface area contributed by atoms with Crippen molar-refractivity contribution in [2.45, 2.75) is 20.5 Å². The van der Waals surface area contributed by atoms with Crippen molar-refractivity contribution in [1.29, 1.82) is 5.26 Å². The van der Waals surface area contributed by atoms with E-state index >= 15 is 0 Å². The van der Waals surface area contributed by atoms with E-state index in [9.17, 15) is 4.79 Å². The van der Waals surface area contributed by atoms with Crippen LogP contribution in [0.25, 0.3) is 16.8 Å². The molecule has 3 aromatic carbocycles. The zero-order chi connectivity index (χ0) is 20.8. The first-order valence-corrected chi connectivity index (χ1v) is 9.32. The van der Waals surface area contributed by atoms with Crippen LogP contribution in [-0.4, -0.2) is 12.5 Å². The maximum absolute atomic E-state index is 11.3. The van der Waals surface area contributed by atoms with E-state index in [0.717, 1.165) is 21.9 Å². The molecule has 0 aromatic heterocycles. The minimum atomic E-state index is -0.766. The normalized spacial score (nSPS) is 11.1. The molecule has 0 saturated carbocycles. The van der Waals surface area contributed by atoms with Crippen LogP contribution in [-0.2, 0) is 11.4 Å². The quantitative estimate of drug-likeness (QED) is 0.478. The summed E-state index contributed by atoms with van der Waals surface area (Å²) in [5.74, 6) is 0.368. The highest BCUT2D eigenvalue weighted by atomic mass is 16.5. The molecule has 0 bridgehead atoms. The number of carbonyl (C=O) groups is 1. The molecule has 0 aliphatic rings. The molecule has 2 N–H and O–H groups in total. The van der Waals surface area contributed by atoms with E-state index in [1.165, 1.54) is 6.08 Å². The number of nitrogens with two attached hydrogens (primary N) is 1. The summed E-state index contributed by atoms with van der Waals surface area (Å²) in [6.45, 7) is 4.80. The number of primary amides is 1. The summed E-state index contributed by atoms with van der Waals surface area (Å²) in [5.41, 5.74) is 8.00. The van der Waals surface area contributed by atoms with Gasteiger partial charge in [-0.15, -0.1) is 0 Å². The van der Waals surface area contributed by atoms with Crippen LogP contribution in [0.3, 0.4) is 0 Å². The second-order valence-electron chi connectivity index (χ2n) is 6.54. The van der Waals surface area contributed by atoms with Gasteiger partial charge in [0, 0.05) is 5.56 Å². The number of benzene rings is 3. The Balaban J connectivity index is 1.91. The van der Waals surface area contributed by atoms with Crippen LogP contribution in [0, 0.1) is 18.3 Å². The number of nitrogens with zero attached hydrogens (tertiary/aromatic N) is 1. The number of amides is 1. The number of ether oxygens (including phenoxy) is 2. The number of hydrogen-bond acceptors (Lipinski definition) is 4. The fraction of sp³-hybridized carbons (Fsp3) is 0.167. The van der Waals surface area contributed by atoms with Gasteiger partial charge in [0.25, 0.3) is 5.91 Å². The molecule has 3 rings (SSSR count). The first kappa shape index (κ1) is 20.0. The first-order chi connectivity index (χ1) is 14.0. The van der Waals surface area contributed by atoms with Gasteiger partial charge in [-0.25, -0.2) is 0 Å². The zero-order valence-electron chi connectivity index (χ0n) is 16.4. The molecular formula is C24H22N2O3. The van der Waals surface area contributed by atoms with E-state index in [-0.39, 0.29) is 5.57 Å². The monoisotopic (exact) mass is 386 g/mol. The highest BCUT2D eigenvalue weighted by Gasteiger charge is 2.11. The fourth-order valence-corrected chi connectivity index (χ4v) is 3.11. The molecule has 5 heteroatoms. The van der Waals surface area contributed by atoms with Gasteiger partial charge in [0.05, 0.1) is 6.61 Å². The predicted octanol–water partition coefficient (Wildman–Crippen LogP) is 4.52. The summed E-state index contributed by atoms with van der Waals surface area (Å²) in [5, 5.41) is 11.4. The van der Waals surface area contributed by atoms with Crippen LogP contribution in [0.2, 0.25) is 0 Å². The van der Waals surface area contributed by atoms with E-state index in [0.29, 0.717) is 30.3 Å². The van der Waals surface area contributed by atoms with Crippen molar-refractivity contribution in [3.8, 4) is 17.6 Å². The summed E-state index contributed by atoms with van der Waals surface area (Å²) >= 11 is 0. The second-order valence-corrected chi connectivity index (χ2v) is 6.54. The van der Waals surface area contributed by atoms with Crippen molar-refractivity contribution in [1.82, 2.24) is 0 Å². The number of aryl methyl sites for hydroxylation is 1. The molecule has 1 amide bonds. The van der Waals surface area contributed by atoms with E-state index in [4.69, 9.17) is 20.5 Å². The lowest BCUT2D eigenvalue weighted by molar-refractivity contribution is -0.114. The van der Waals surface area contributed by atoms with E-state index in [1.807, 2.05) is 19.1 Å². The molecule has 146 valence electrons. The molecule has 5 nitrogen and oxygen atoms in total. The number of carbonyl (C=O) groups excluding carboxylic acids is 1. The van der Waals surface area contributed by atoms with Gasteiger partial charge in [0.15, 0.2) is 11.5 Å². The number of hydrogen-bond donors (Lipinski definition) is 1. The Labute approximate surface area is 170 Å². The van der Waals surface area contributed by atoms with Gasteiger partial charge in [0.2, 0.25) is 0 Å². The first-order valence-electron chi connectivity index (χ1n) is 9.32. The molecule has 0 spiro atoms. The average Bonchev–Trinajstić information content (AvgIpc) is 2.72. The maximum atomic E-state index is 11.3. The lowest BCUT2D eigenvalue weighted by atomic mass is 10.0. The Bertz CT molecular complexity index is 1130. The predicted molar refractivity (Wildman–Crippen MR) is 113 cm³/mol. The molecule has 0 atom stereocenters. The Hall–Kier alpha value is -3.78. The van der Waals surface area contributed by atoms with Gasteiger partial charge in [-0.05, 0) is 54.0 Å². The smallest absolute Gasteiger partial charge is 0.259 e. The van der Waals surface area contributed by atoms with Crippen molar-refractivity contribution >= 4 is 22.8 Å². The fourth-order valence-electron chi connectivity index (χ4n) is 3.11. The summed E-state index contributed by atoms with van der Waals surface area (Å²) in [4.78, 5) is 11.3. The van der Waals surface area contributed by atoms with Gasteiger partial charge in [-0.3, -0.25) is 4.79 Å². The van der Waals surface area contributed by atoms with Crippen molar-refractivity contribution in [2.24, 2.45) is 5.73 Å². The Kier molecular flexibility index (Phi) is 6.16. The molecule has 0 radical (unpaired) electrons. The second kappa shape index (κ2) is 8.94. The Morgan fingerprint density at radius 3 is 2.62 bits per heavy atom. The third-order valence-electron chi connectivity index (χ3n) is 4.61. The van der Waals surface area contributed by atoms with Gasteiger partial charge in [0.1, 0.15) is 18.2 Å². The molecule has 0 unspecified atom stereocenters. The molecule has 0 aliphatic carbocycles. The summed E-state index contributed by atoms with van der Waals surface area (Å²) in [7, 11) is 0. The molecule has 0 saturated heterocycles. The molecular weight excluding hydrogens is 364 g/mol. The van der Waals surface area contributed by atoms with Crippen LogP contribution in [0.4, 0.5) is 0 Å². The van der Waals surface area contributed by atoms with Gasteiger partial charge >= 0.3 is 0 Å². The minimum Gasteiger partial charge on any atom is -0.490 e. The zero-order valence-corrected chi connectivity index (χ0v) is 16.4. The molecule has 0 heterocycles. The van der Waals surface area contributed by atoms with Crippen LogP contribution in [0.15, 0.2) is 60.2 Å². The number of nitriles is 1. The van der Waals surface area contributed by atoms with Gasteiger partial charge in [-0.1, -0.05) is 42.5 Å². The van der Waals surface area contributed by atoms with E-state index in [1.54, 1.807) is 24.3 Å². The molecule has 3 aromatic rings. The SMILES string of the molecule is CCOc1cc(/C=C(\C#N)C(N)=O)ccc1OCc1c(C)ccc2ccccc12. The van der Waals surface area contributed by atoms with Crippen LogP contribution in [0.5, 0.6) is 11.5 Å².